The van der Waals surface area contributed by atoms with Gasteiger partial charge < -0.3 is 18.8 Å². The topological polar surface area (TPSA) is 26.1 Å². The van der Waals surface area contributed by atoms with Gasteiger partial charge in [-0.25, -0.2) is 0 Å². The van der Waals surface area contributed by atoms with Crippen LogP contribution in [0.5, 0.6) is 5.75 Å². The van der Waals surface area contributed by atoms with Crippen LogP contribution in [-0.4, -0.2) is 35.5 Å². The second kappa shape index (κ2) is 11.0. The van der Waals surface area contributed by atoms with Crippen molar-refractivity contribution >= 4 is 16.6 Å². The van der Waals surface area contributed by atoms with Gasteiger partial charge in [0.15, 0.2) is 0 Å². The molecule has 0 amide bonds. The van der Waals surface area contributed by atoms with Crippen molar-refractivity contribution in [2.75, 3.05) is 26.2 Å². The number of aromatic nitrogens is 1. The first kappa shape index (κ1) is 24.0. The average molecular weight is 493 g/mol. The first-order valence-corrected chi connectivity index (χ1v) is 13.8. The highest BCUT2D eigenvalue weighted by Gasteiger charge is 2.20. The van der Waals surface area contributed by atoms with E-state index in [4.69, 9.17) is 9.47 Å². The number of piperidine rings is 1. The van der Waals surface area contributed by atoms with E-state index >= 15 is 0 Å². The Kier molecular flexibility index (Phi) is 7.11. The van der Waals surface area contributed by atoms with E-state index in [9.17, 15) is 0 Å². The number of likely N-dealkylation sites (tertiary alicyclic amines) is 1. The number of aryl methyl sites for hydroxylation is 1. The van der Waals surface area contributed by atoms with Gasteiger partial charge in [-0.3, -0.25) is 0 Å². The molecule has 37 heavy (non-hydrogen) atoms. The van der Waals surface area contributed by atoms with Crippen molar-refractivity contribution in [2.24, 2.45) is 0 Å². The normalized spacial score (nSPS) is 14.6. The van der Waals surface area contributed by atoms with Crippen molar-refractivity contribution in [1.82, 2.24) is 9.30 Å². The molecule has 4 heterocycles. The summed E-state index contributed by atoms with van der Waals surface area (Å²) in [5.74, 6) is 0.893. The van der Waals surface area contributed by atoms with Crippen molar-refractivity contribution in [3.8, 4) is 16.9 Å². The van der Waals surface area contributed by atoms with Crippen molar-refractivity contribution in [1.29, 1.82) is 0 Å². The summed E-state index contributed by atoms with van der Waals surface area (Å²) in [4.78, 5) is 2.54. The van der Waals surface area contributed by atoms with E-state index in [0.29, 0.717) is 13.2 Å². The summed E-state index contributed by atoms with van der Waals surface area (Å²) in [6.45, 7) is 7.75. The van der Waals surface area contributed by atoms with E-state index in [1.165, 1.54) is 76.7 Å². The average Bonchev–Trinajstić information content (AvgIpc) is 3.53. The van der Waals surface area contributed by atoms with Crippen LogP contribution in [0.1, 0.15) is 42.9 Å². The molecule has 3 aromatic heterocycles. The molecule has 4 nitrogen and oxygen atoms in total. The fourth-order valence-corrected chi connectivity index (χ4v) is 5.84. The summed E-state index contributed by atoms with van der Waals surface area (Å²) in [6.07, 6.45) is 5.00. The fourth-order valence-electron chi connectivity index (χ4n) is 5.84. The summed E-state index contributed by atoms with van der Waals surface area (Å²) < 4.78 is 14.7. The minimum atomic E-state index is 0.578. The number of hydrogen-bond acceptors (Lipinski definition) is 3. The number of rotatable bonds is 10. The molecule has 0 aliphatic carbocycles. The molecule has 4 heteroatoms. The molecule has 0 spiro atoms. The number of pyridine rings is 1. The van der Waals surface area contributed by atoms with E-state index in [-0.39, 0.29) is 0 Å². The van der Waals surface area contributed by atoms with Gasteiger partial charge >= 0.3 is 0 Å². The molecule has 2 aromatic carbocycles. The zero-order chi connectivity index (χ0) is 25.0. The summed E-state index contributed by atoms with van der Waals surface area (Å²) in [6, 6.07) is 27.9. The Morgan fingerprint density at radius 3 is 2.35 bits per heavy atom. The highest BCUT2D eigenvalue weighted by molar-refractivity contribution is 5.96. The van der Waals surface area contributed by atoms with Crippen LogP contribution in [0.25, 0.3) is 27.7 Å². The molecule has 1 fully saturated rings. The van der Waals surface area contributed by atoms with Gasteiger partial charge in [0.2, 0.25) is 0 Å². The molecular weight excluding hydrogens is 456 g/mol. The molecular formula is C33H36N2O2. The van der Waals surface area contributed by atoms with Crippen LogP contribution in [0.15, 0.2) is 78.9 Å². The van der Waals surface area contributed by atoms with Gasteiger partial charge in [0.25, 0.3) is 0 Å². The van der Waals surface area contributed by atoms with Gasteiger partial charge in [0, 0.05) is 23.2 Å². The summed E-state index contributed by atoms with van der Waals surface area (Å²) in [7, 11) is 0. The minimum Gasteiger partial charge on any atom is -0.489 e. The molecule has 6 rings (SSSR count). The maximum atomic E-state index is 6.23. The molecule has 1 saturated heterocycles. The summed E-state index contributed by atoms with van der Waals surface area (Å²) >= 11 is 0. The third-order valence-corrected chi connectivity index (χ3v) is 7.74. The lowest BCUT2D eigenvalue weighted by Crippen LogP contribution is -2.32. The second-order valence-electron chi connectivity index (χ2n) is 10.1. The van der Waals surface area contributed by atoms with Gasteiger partial charge in [0.1, 0.15) is 12.4 Å². The number of nitrogens with zero attached hydrogens (tertiary/aromatic N) is 2. The lowest BCUT2D eigenvalue weighted by atomic mass is 9.98. The molecule has 190 valence electrons. The molecule has 5 aromatic rings. The third-order valence-electron chi connectivity index (χ3n) is 7.74. The lowest BCUT2D eigenvalue weighted by molar-refractivity contribution is 0.0868. The van der Waals surface area contributed by atoms with Crippen LogP contribution in [0.2, 0.25) is 0 Å². The maximum Gasteiger partial charge on any atom is 0.119 e. The molecule has 0 unspecified atom stereocenters. The Labute approximate surface area is 219 Å². The van der Waals surface area contributed by atoms with Crippen LogP contribution >= 0.6 is 0 Å². The van der Waals surface area contributed by atoms with Crippen LogP contribution in [0.4, 0.5) is 0 Å². The van der Waals surface area contributed by atoms with E-state index in [2.05, 4.69) is 76.9 Å². The highest BCUT2D eigenvalue weighted by atomic mass is 16.5. The Hall–Kier alpha value is -3.34. The smallest absolute Gasteiger partial charge is 0.119 e. The van der Waals surface area contributed by atoms with Gasteiger partial charge in [-0.05, 0) is 79.4 Å². The molecule has 1 aliphatic rings. The van der Waals surface area contributed by atoms with Gasteiger partial charge in [0.05, 0.1) is 24.2 Å². The second-order valence-corrected chi connectivity index (χ2v) is 10.1. The maximum absolute atomic E-state index is 6.23. The van der Waals surface area contributed by atoms with E-state index in [1.54, 1.807) is 0 Å². The molecule has 0 saturated carbocycles. The van der Waals surface area contributed by atoms with Crippen molar-refractivity contribution < 1.29 is 9.47 Å². The summed E-state index contributed by atoms with van der Waals surface area (Å²) in [5.41, 5.74) is 10.2. The zero-order valence-corrected chi connectivity index (χ0v) is 21.8. The predicted octanol–water partition coefficient (Wildman–Crippen LogP) is 7.34. The minimum absolute atomic E-state index is 0.578. The highest BCUT2D eigenvalue weighted by Crippen LogP contribution is 2.39. The quantitative estimate of drug-likeness (QED) is 0.191. The number of benzene rings is 2. The van der Waals surface area contributed by atoms with E-state index in [0.717, 1.165) is 25.3 Å². The Morgan fingerprint density at radius 2 is 1.57 bits per heavy atom. The lowest BCUT2D eigenvalue weighted by Gasteiger charge is -2.26. The molecule has 0 N–H and O–H groups in total. The molecule has 0 radical (unpaired) electrons. The van der Waals surface area contributed by atoms with Gasteiger partial charge in [-0.2, -0.15) is 0 Å². The third kappa shape index (κ3) is 4.96. The van der Waals surface area contributed by atoms with E-state index < -0.39 is 0 Å². The Morgan fingerprint density at radius 1 is 0.784 bits per heavy atom. The first-order valence-electron chi connectivity index (χ1n) is 13.8. The predicted molar refractivity (Wildman–Crippen MR) is 152 cm³/mol. The van der Waals surface area contributed by atoms with Crippen molar-refractivity contribution in [3.63, 3.8) is 0 Å². The monoisotopic (exact) mass is 492 g/mol. The van der Waals surface area contributed by atoms with Crippen LogP contribution in [0.3, 0.4) is 0 Å². The van der Waals surface area contributed by atoms with Crippen molar-refractivity contribution in [3.05, 3.63) is 95.6 Å². The largest absolute Gasteiger partial charge is 0.489 e. The number of ether oxygens (including phenoxy) is 2. The van der Waals surface area contributed by atoms with Crippen LogP contribution < -0.4 is 4.74 Å². The van der Waals surface area contributed by atoms with Crippen LogP contribution in [0, 0.1) is 0 Å². The van der Waals surface area contributed by atoms with E-state index in [1.807, 2.05) is 18.2 Å². The standard InChI is InChI=1S/C33H36N2O2/c1-2-30-32(26-12-16-29(17-13-26)37-23-25-9-5-3-6-10-25)31-18-15-28-14-11-27(33(30)35(28)31)24-36-22-21-34-19-7-4-8-20-34/h3,5-6,9-18H,2,4,7-8,19-24H2,1H3. The van der Waals surface area contributed by atoms with Crippen LogP contribution in [-0.2, 0) is 24.4 Å². The SMILES string of the molecule is CCc1c(-c2ccc(OCc3ccccc3)cc2)c2ccc3ccc(COCCN4CCCCC4)c1n32. The Bertz CT molecular complexity index is 1430. The Balaban J connectivity index is 1.24. The first-order chi connectivity index (χ1) is 18.3. The molecule has 0 atom stereocenters. The fraction of sp³-hybridized carbons (Fsp3) is 0.333. The number of hydrogen-bond donors (Lipinski definition) is 0. The molecule has 1 aliphatic heterocycles. The molecule has 0 bridgehead atoms. The van der Waals surface area contributed by atoms with Crippen molar-refractivity contribution in [2.45, 2.75) is 45.8 Å². The van der Waals surface area contributed by atoms with Gasteiger partial charge in [-0.15, -0.1) is 0 Å². The zero-order valence-electron chi connectivity index (χ0n) is 21.8. The summed E-state index contributed by atoms with van der Waals surface area (Å²) in [5, 5.41) is 0. The van der Waals surface area contributed by atoms with Gasteiger partial charge in [-0.1, -0.05) is 61.9 Å².